The highest BCUT2D eigenvalue weighted by Crippen LogP contribution is 2.52. The van der Waals surface area contributed by atoms with Crippen LogP contribution in [-0.4, -0.2) is 145 Å². The molecule has 215 valence electrons. The minimum atomic E-state index is -3.68. The van der Waals surface area contributed by atoms with E-state index in [-0.39, 0.29) is 37.6 Å². The van der Waals surface area contributed by atoms with E-state index < -0.39 is 76.3 Å². The molecule has 9 radical (unpaired) electrons. The van der Waals surface area contributed by atoms with Crippen molar-refractivity contribution in [3.05, 3.63) is 0 Å². The van der Waals surface area contributed by atoms with Crippen LogP contribution in [0.5, 0.6) is 0 Å². The van der Waals surface area contributed by atoms with Gasteiger partial charge in [0.2, 0.25) is 0 Å². The maximum absolute atomic E-state index is 13.4. The average molecular weight is 592 g/mol. The molecule has 3 aliphatic heterocycles. The van der Waals surface area contributed by atoms with E-state index in [1.54, 1.807) is 6.92 Å². The van der Waals surface area contributed by atoms with Gasteiger partial charge in [-0.25, -0.2) is 0 Å². The van der Waals surface area contributed by atoms with Crippen molar-refractivity contribution >= 4 is 59.9 Å². The van der Waals surface area contributed by atoms with Gasteiger partial charge in [0.05, 0.1) is 51.8 Å². The zero-order valence-electron chi connectivity index (χ0n) is 23.9. The Morgan fingerprint density at radius 2 is 1.38 bits per heavy atom. The molecule has 0 saturated carbocycles. The van der Waals surface area contributed by atoms with Crippen LogP contribution < -0.4 is 0 Å². The van der Waals surface area contributed by atoms with Gasteiger partial charge in [-0.15, -0.1) is 0 Å². The molecule has 3 fully saturated rings. The van der Waals surface area contributed by atoms with Gasteiger partial charge in [0.25, 0.3) is 0 Å². The van der Waals surface area contributed by atoms with Crippen LogP contribution in [0.2, 0.25) is 0 Å². The SMILES string of the molecule is [B][B]C1OC(COP(C)(=O)OC2C(COC)OC(B([B])[B])C2C)C(OP(C)(=O)OCC2OC([B])C(C)C2O)C1C. The minimum Gasteiger partial charge on any atom is -0.390 e. The van der Waals surface area contributed by atoms with Crippen molar-refractivity contribution in [2.75, 3.05) is 40.3 Å². The van der Waals surface area contributed by atoms with Gasteiger partial charge in [0.1, 0.15) is 26.2 Å². The van der Waals surface area contributed by atoms with Crippen molar-refractivity contribution in [2.45, 2.75) is 75.4 Å². The summed E-state index contributed by atoms with van der Waals surface area (Å²) in [5.41, 5.74) is 0. The summed E-state index contributed by atoms with van der Waals surface area (Å²) in [6.07, 6.45) is -4.40. The number of aliphatic hydroxyl groups excluding tert-OH is 1. The van der Waals surface area contributed by atoms with E-state index in [0.29, 0.717) is 0 Å². The van der Waals surface area contributed by atoms with Gasteiger partial charge in [-0.3, -0.25) is 9.13 Å². The smallest absolute Gasteiger partial charge is 0.328 e. The third kappa shape index (κ3) is 8.56. The highest BCUT2D eigenvalue weighted by molar-refractivity contribution is 7.53. The molecule has 0 amide bonds. The Balaban J connectivity index is 1.62. The molecule has 3 heterocycles. The van der Waals surface area contributed by atoms with E-state index >= 15 is 0 Å². The Hall–Kier alpha value is 0.490. The van der Waals surface area contributed by atoms with Crippen LogP contribution in [0.1, 0.15) is 20.8 Å². The lowest BCUT2D eigenvalue weighted by atomic mass is 9.16. The molecule has 14 atom stereocenters. The van der Waals surface area contributed by atoms with E-state index in [4.69, 9.17) is 68.1 Å². The fourth-order valence-corrected chi connectivity index (χ4v) is 7.77. The molecule has 3 aliphatic rings. The van der Waals surface area contributed by atoms with Gasteiger partial charge in [0, 0.05) is 79.4 Å². The van der Waals surface area contributed by atoms with Crippen LogP contribution in [0.15, 0.2) is 0 Å². The van der Waals surface area contributed by atoms with Crippen molar-refractivity contribution < 1.29 is 51.3 Å². The molecule has 3 rings (SSSR count). The van der Waals surface area contributed by atoms with Crippen molar-refractivity contribution in [3.8, 4) is 0 Å². The maximum atomic E-state index is 13.4. The van der Waals surface area contributed by atoms with E-state index in [0.717, 1.165) is 0 Å². The molecule has 11 nitrogen and oxygen atoms in total. The summed E-state index contributed by atoms with van der Waals surface area (Å²) in [6.45, 7) is 7.10. The van der Waals surface area contributed by atoms with E-state index in [9.17, 15) is 14.2 Å². The first-order chi connectivity index (χ1) is 18.6. The van der Waals surface area contributed by atoms with Crippen LogP contribution in [-0.2, 0) is 46.2 Å². The molecule has 0 spiro atoms. The summed E-state index contributed by atoms with van der Waals surface area (Å²) in [7, 11) is 18.8. The average Bonchev–Trinajstić information content (AvgIpc) is 3.44. The Bertz CT molecular complexity index is 924. The number of hydrogen-bond acceptors (Lipinski definition) is 11. The summed E-state index contributed by atoms with van der Waals surface area (Å²) in [4.78, 5) is 0. The predicted octanol–water partition coefficient (Wildman–Crippen LogP) is -0.111. The summed E-state index contributed by atoms with van der Waals surface area (Å²) in [6, 6.07) is -1.72. The molecule has 1 N–H and O–H groups in total. The molecule has 0 aliphatic carbocycles. The Kier molecular flexibility index (Phi) is 12.7. The van der Waals surface area contributed by atoms with Gasteiger partial charge in [-0.1, -0.05) is 20.8 Å². The van der Waals surface area contributed by atoms with Crippen LogP contribution in [0, 0.1) is 17.8 Å². The Labute approximate surface area is 244 Å². The van der Waals surface area contributed by atoms with E-state index in [1.165, 1.54) is 27.6 Å². The molecule has 14 unspecified atom stereocenters. The number of hydrogen-bond donors (Lipinski definition) is 1. The van der Waals surface area contributed by atoms with Crippen LogP contribution in [0.25, 0.3) is 0 Å². The van der Waals surface area contributed by atoms with E-state index in [2.05, 4.69) is 0 Å². The molecule has 0 aromatic carbocycles. The molecule has 0 aromatic rings. The van der Waals surface area contributed by atoms with Crippen LogP contribution in [0.4, 0.5) is 0 Å². The van der Waals surface area contributed by atoms with Gasteiger partial charge in [-0.05, 0) is 0 Å². The van der Waals surface area contributed by atoms with Gasteiger partial charge >= 0.3 is 15.2 Å². The molecule has 3 saturated heterocycles. The Morgan fingerprint density at radius 3 is 1.85 bits per heavy atom. The first kappa shape index (κ1) is 35.0. The maximum Gasteiger partial charge on any atom is 0.328 e. The first-order valence-electron chi connectivity index (χ1n) is 13.4. The topological polar surface area (TPSA) is 128 Å². The van der Waals surface area contributed by atoms with Gasteiger partial charge in [0.15, 0.2) is 0 Å². The van der Waals surface area contributed by atoms with Crippen molar-refractivity contribution in [2.24, 2.45) is 17.8 Å². The van der Waals surface area contributed by atoms with Crippen LogP contribution in [0.3, 0.4) is 0 Å². The summed E-state index contributed by atoms with van der Waals surface area (Å²) in [5.74, 6) is -0.921. The second-order valence-electron chi connectivity index (χ2n) is 11.0. The number of rotatable bonds is 14. The normalized spacial score (nSPS) is 42.9. The summed E-state index contributed by atoms with van der Waals surface area (Å²) >= 11 is 0. The summed E-state index contributed by atoms with van der Waals surface area (Å²) in [5, 5.41) is 10.3. The second-order valence-corrected chi connectivity index (χ2v) is 15.0. The zero-order chi connectivity index (χ0) is 30.0. The van der Waals surface area contributed by atoms with Crippen molar-refractivity contribution in [3.63, 3.8) is 0 Å². The highest BCUT2D eigenvalue weighted by Gasteiger charge is 2.48. The second kappa shape index (κ2) is 14.5. The third-order valence-corrected chi connectivity index (χ3v) is 10.2. The summed E-state index contributed by atoms with van der Waals surface area (Å²) < 4.78 is 72.3. The fourth-order valence-electron chi connectivity index (χ4n) is 5.28. The molecule has 0 bridgehead atoms. The quantitative estimate of drug-likeness (QED) is 0.214. The molecular weight excluding hydrogens is 555 g/mol. The zero-order valence-corrected chi connectivity index (χ0v) is 25.7. The Morgan fingerprint density at radius 1 is 0.850 bits per heavy atom. The lowest BCUT2D eigenvalue weighted by Crippen LogP contribution is -2.38. The lowest BCUT2D eigenvalue weighted by Gasteiger charge is -2.28. The van der Waals surface area contributed by atoms with E-state index in [1.807, 2.05) is 13.8 Å². The number of aliphatic hydroxyl groups is 1. The molecule has 40 heavy (non-hydrogen) atoms. The largest absolute Gasteiger partial charge is 0.390 e. The fraction of sp³-hybridized carbons (Fsp3) is 1.00. The van der Waals surface area contributed by atoms with Gasteiger partial charge in [-0.2, -0.15) is 0 Å². The first-order valence-corrected chi connectivity index (χ1v) is 17.3. The molecular formula is C21H37B6O11P2. The van der Waals surface area contributed by atoms with Crippen molar-refractivity contribution in [1.29, 1.82) is 0 Å². The van der Waals surface area contributed by atoms with Crippen molar-refractivity contribution in [1.82, 2.24) is 0 Å². The number of ether oxygens (including phenoxy) is 4. The third-order valence-electron chi connectivity index (χ3n) is 7.71. The molecule has 19 heteroatoms. The number of methoxy groups -OCH3 is 1. The monoisotopic (exact) mass is 593 g/mol. The predicted molar refractivity (Wildman–Crippen MR) is 155 cm³/mol. The standard InChI is InChI=1S/C21H37B6O11P2/c1-10-16(28)13(34-19(10)22)8-32-39(5,29)37-17-11(2)20(26-23)35-15(17)9-33-40(6,30)38-18-12(3)21(27(24)25)36-14(18)7-31-4/h10-21,28H,7-9H2,1-6H3. The molecule has 0 aromatic heterocycles. The van der Waals surface area contributed by atoms with Gasteiger partial charge < -0.3 is 42.1 Å². The van der Waals surface area contributed by atoms with Crippen LogP contribution >= 0.6 is 15.2 Å². The highest BCUT2D eigenvalue weighted by atomic mass is 31.2. The minimum absolute atomic E-state index is 0.182. The lowest BCUT2D eigenvalue weighted by molar-refractivity contribution is -0.0251.